The Bertz CT molecular complexity index is 724. The summed E-state index contributed by atoms with van der Waals surface area (Å²) in [5.74, 6) is -1.66. The maximum atomic E-state index is 13.0. The molecule has 9 heteroatoms. The maximum Gasteiger partial charge on any atom is 0.408 e. The molecule has 1 aromatic heterocycles. The van der Waals surface area contributed by atoms with Crippen LogP contribution < -0.4 is 10.6 Å². The standard InChI is InChI=1S/C19H26BrN3O5/c1-18(2,3)28-17(27)23-19(8-4-5-9-19)16(26)22-13(15(24)25)10-12-6-7-14(20)21-11-12/h6-7,11,13H,4-5,8-10H2,1-3H3,(H,22,26)(H,23,27)(H,24,25). The van der Waals surface area contributed by atoms with Crippen molar-refractivity contribution in [2.24, 2.45) is 0 Å². The van der Waals surface area contributed by atoms with E-state index in [4.69, 9.17) is 4.74 Å². The number of carboxylic acid groups (broad SMARTS) is 1. The summed E-state index contributed by atoms with van der Waals surface area (Å²) in [6.07, 6.45) is 3.35. The fraction of sp³-hybridized carbons (Fsp3) is 0.579. The molecule has 1 unspecified atom stereocenters. The lowest BCUT2D eigenvalue weighted by Gasteiger charge is -2.31. The summed E-state index contributed by atoms with van der Waals surface area (Å²) in [7, 11) is 0. The van der Waals surface area contributed by atoms with Crippen LogP contribution >= 0.6 is 15.9 Å². The molecule has 0 aromatic carbocycles. The maximum absolute atomic E-state index is 13.0. The average Bonchev–Trinajstić information content (AvgIpc) is 3.03. The lowest BCUT2D eigenvalue weighted by atomic mass is 9.95. The number of nitrogens with zero attached hydrogens (tertiary/aromatic N) is 1. The smallest absolute Gasteiger partial charge is 0.408 e. The number of rotatable bonds is 6. The van der Waals surface area contributed by atoms with Gasteiger partial charge in [-0.2, -0.15) is 0 Å². The number of pyridine rings is 1. The number of carbonyl (C=O) groups is 3. The minimum absolute atomic E-state index is 0.0872. The van der Waals surface area contributed by atoms with Crippen molar-refractivity contribution in [2.45, 2.75) is 70.1 Å². The Balaban J connectivity index is 2.11. The summed E-state index contributed by atoms with van der Waals surface area (Å²) in [6, 6.07) is 2.32. The molecule has 1 fully saturated rings. The van der Waals surface area contributed by atoms with Crippen molar-refractivity contribution in [1.82, 2.24) is 15.6 Å². The van der Waals surface area contributed by atoms with Crippen molar-refractivity contribution >= 4 is 33.9 Å². The molecule has 1 aliphatic carbocycles. The van der Waals surface area contributed by atoms with Gasteiger partial charge in [-0.3, -0.25) is 4.79 Å². The third-order valence-electron chi connectivity index (χ3n) is 4.46. The van der Waals surface area contributed by atoms with E-state index in [1.807, 2.05) is 0 Å². The highest BCUT2D eigenvalue weighted by Gasteiger charge is 2.44. The van der Waals surface area contributed by atoms with Crippen LogP contribution in [0.15, 0.2) is 22.9 Å². The number of nitrogens with one attached hydrogen (secondary N) is 2. The van der Waals surface area contributed by atoms with Gasteiger partial charge in [0.05, 0.1) is 0 Å². The van der Waals surface area contributed by atoms with Crippen LogP contribution in [0.4, 0.5) is 4.79 Å². The SMILES string of the molecule is CC(C)(C)OC(=O)NC1(C(=O)NC(Cc2ccc(Br)nc2)C(=O)O)CCCC1. The summed E-state index contributed by atoms with van der Waals surface area (Å²) < 4.78 is 5.91. The van der Waals surface area contributed by atoms with E-state index >= 15 is 0 Å². The van der Waals surface area contributed by atoms with Gasteiger partial charge in [-0.05, 0) is 61.2 Å². The third-order valence-corrected chi connectivity index (χ3v) is 4.93. The van der Waals surface area contributed by atoms with Crippen molar-refractivity contribution in [2.75, 3.05) is 0 Å². The largest absolute Gasteiger partial charge is 0.480 e. The van der Waals surface area contributed by atoms with Gasteiger partial charge in [0.2, 0.25) is 5.91 Å². The van der Waals surface area contributed by atoms with E-state index in [2.05, 4.69) is 31.5 Å². The van der Waals surface area contributed by atoms with Gasteiger partial charge < -0.3 is 20.5 Å². The number of aromatic nitrogens is 1. The van der Waals surface area contributed by atoms with Gasteiger partial charge >= 0.3 is 12.1 Å². The normalized spacial score (nSPS) is 16.9. The Kier molecular flexibility index (Phi) is 7.03. The predicted octanol–water partition coefficient (Wildman–Crippen LogP) is 2.79. The molecule has 1 atom stereocenters. The summed E-state index contributed by atoms with van der Waals surface area (Å²) in [5.41, 5.74) is -1.18. The van der Waals surface area contributed by atoms with Gasteiger partial charge in [-0.15, -0.1) is 0 Å². The summed E-state index contributed by atoms with van der Waals surface area (Å²) in [4.78, 5) is 40.9. The van der Waals surface area contributed by atoms with Gasteiger partial charge in [0.25, 0.3) is 0 Å². The summed E-state index contributed by atoms with van der Waals surface area (Å²) in [6.45, 7) is 5.21. The van der Waals surface area contributed by atoms with Gasteiger partial charge in [0.1, 0.15) is 21.8 Å². The number of ether oxygens (including phenoxy) is 1. The van der Waals surface area contributed by atoms with Gasteiger partial charge in [0, 0.05) is 12.6 Å². The Morgan fingerprint density at radius 3 is 2.43 bits per heavy atom. The molecule has 2 rings (SSSR count). The zero-order valence-electron chi connectivity index (χ0n) is 16.3. The van der Waals surface area contributed by atoms with Crippen molar-refractivity contribution in [3.8, 4) is 0 Å². The molecule has 1 heterocycles. The molecule has 1 aromatic rings. The molecule has 2 amide bonds. The average molecular weight is 456 g/mol. The van der Waals surface area contributed by atoms with Gasteiger partial charge in [-0.25, -0.2) is 14.6 Å². The molecule has 0 saturated heterocycles. The van der Waals surface area contributed by atoms with Crippen molar-refractivity contribution in [3.05, 3.63) is 28.5 Å². The summed E-state index contributed by atoms with van der Waals surface area (Å²) >= 11 is 3.23. The molecule has 1 saturated carbocycles. The number of alkyl carbamates (subject to hydrolysis) is 1. The minimum atomic E-state index is -1.16. The van der Waals surface area contributed by atoms with Crippen molar-refractivity contribution in [1.29, 1.82) is 0 Å². The van der Waals surface area contributed by atoms with Crippen LogP contribution in [0.5, 0.6) is 0 Å². The first-order valence-corrected chi connectivity index (χ1v) is 9.95. The van der Waals surface area contributed by atoms with Gasteiger partial charge in [-0.1, -0.05) is 18.9 Å². The fourth-order valence-corrected chi connectivity index (χ4v) is 3.38. The Morgan fingerprint density at radius 1 is 1.29 bits per heavy atom. The highest BCUT2D eigenvalue weighted by atomic mass is 79.9. The zero-order valence-corrected chi connectivity index (χ0v) is 17.8. The second kappa shape index (κ2) is 8.89. The number of aliphatic carboxylic acids is 1. The van der Waals surface area contributed by atoms with E-state index in [0.29, 0.717) is 23.0 Å². The molecule has 154 valence electrons. The van der Waals surface area contributed by atoms with E-state index in [1.54, 1.807) is 39.1 Å². The number of halogens is 1. The van der Waals surface area contributed by atoms with Crippen LogP contribution in [0.1, 0.15) is 52.0 Å². The van der Waals surface area contributed by atoms with E-state index in [9.17, 15) is 19.5 Å². The van der Waals surface area contributed by atoms with Crippen LogP contribution in [0.2, 0.25) is 0 Å². The highest BCUT2D eigenvalue weighted by molar-refractivity contribution is 9.10. The molecule has 3 N–H and O–H groups in total. The van der Waals surface area contributed by atoms with Gasteiger partial charge in [0.15, 0.2) is 0 Å². The molecule has 0 bridgehead atoms. The molecule has 8 nitrogen and oxygen atoms in total. The number of carboxylic acids is 1. The molecular weight excluding hydrogens is 430 g/mol. The number of carbonyl (C=O) groups excluding carboxylic acids is 2. The Morgan fingerprint density at radius 2 is 1.93 bits per heavy atom. The Labute approximate surface area is 172 Å². The lowest BCUT2D eigenvalue weighted by molar-refractivity contribution is -0.142. The molecule has 28 heavy (non-hydrogen) atoms. The lowest BCUT2D eigenvalue weighted by Crippen LogP contribution is -2.60. The fourth-order valence-electron chi connectivity index (χ4n) is 3.15. The highest BCUT2D eigenvalue weighted by Crippen LogP contribution is 2.30. The second-order valence-corrected chi connectivity index (χ2v) is 8.79. The monoisotopic (exact) mass is 455 g/mol. The van der Waals surface area contributed by atoms with Crippen LogP contribution in [0.25, 0.3) is 0 Å². The second-order valence-electron chi connectivity index (χ2n) is 7.97. The van der Waals surface area contributed by atoms with E-state index < -0.39 is 35.2 Å². The van der Waals surface area contributed by atoms with Crippen LogP contribution in [0.3, 0.4) is 0 Å². The molecular formula is C19H26BrN3O5. The summed E-state index contributed by atoms with van der Waals surface area (Å²) in [5, 5.41) is 14.8. The minimum Gasteiger partial charge on any atom is -0.480 e. The number of hydrogen-bond acceptors (Lipinski definition) is 5. The number of hydrogen-bond donors (Lipinski definition) is 3. The molecule has 0 spiro atoms. The quantitative estimate of drug-likeness (QED) is 0.567. The van der Waals surface area contributed by atoms with Crippen molar-refractivity contribution in [3.63, 3.8) is 0 Å². The van der Waals surface area contributed by atoms with E-state index in [-0.39, 0.29) is 6.42 Å². The molecule has 0 aliphatic heterocycles. The zero-order chi connectivity index (χ0) is 20.9. The van der Waals surface area contributed by atoms with E-state index in [1.165, 1.54) is 0 Å². The molecule has 0 radical (unpaired) electrons. The van der Waals surface area contributed by atoms with Crippen LogP contribution in [-0.4, -0.2) is 45.2 Å². The topological polar surface area (TPSA) is 118 Å². The van der Waals surface area contributed by atoms with Crippen LogP contribution in [-0.2, 0) is 20.7 Å². The van der Waals surface area contributed by atoms with Crippen LogP contribution in [0, 0.1) is 0 Å². The first-order chi connectivity index (χ1) is 13.0. The molecule has 1 aliphatic rings. The van der Waals surface area contributed by atoms with Crippen molar-refractivity contribution < 1.29 is 24.2 Å². The number of amides is 2. The predicted molar refractivity (Wildman–Crippen MR) is 106 cm³/mol. The van der Waals surface area contributed by atoms with E-state index in [0.717, 1.165) is 12.8 Å². The third kappa shape index (κ3) is 6.19. The first kappa shape index (κ1) is 22.1. The Hall–Kier alpha value is -2.16. The first-order valence-electron chi connectivity index (χ1n) is 9.16.